The summed E-state index contributed by atoms with van der Waals surface area (Å²) in [6, 6.07) is 5.15. The second-order valence-electron chi connectivity index (χ2n) is 3.25. The van der Waals surface area contributed by atoms with Gasteiger partial charge < -0.3 is 0 Å². The third-order valence-corrected chi connectivity index (χ3v) is 3.92. The Balaban J connectivity index is 2.24. The number of thioether (sulfide) groups is 1. The first-order valence-corrected chi connectivity index (χ1v) is 6.24. The normalized spacial score (nSPS) is 16.0. The third kappa shape index (κ3) is 2.19. The number of hydrogen-bond donors (Lipinski definition) is 0. The summed E-state index contributed by atoms with van der Waals surface area (Å²) >= 11 is 12.8. The van der Waals surface area contributed by atoms with E-state index in [1.165, 1.54) is 4.90 Å². The van der Waals surface area contributed by atoms with Crippen molar-refractivity contribution in [3.05, 3.63) is 33.8 Å². The number of halogens is 2. The van der Waals surface area contributed by atoms with Crippen molar-refractivity contribution >= 4 is 46.1 Å². The topological polar surface area (TPSA) is 37.4 Å². The Bertz CT molecular complexity index is 448. The highest BCUT2D eigenvalue weighted by Crippen LogP contribution is 2.28. The molecule has 0 unspecified atom stereocenters. The Labute approximate surface area is 107 Å². The summed E-state index contributed by atoms with van der Waals surface area (Å²) in [5.41, 5.74) is 0.679. The molecule has 0 spiro atoms. The Morgan fingerprint density at radius 1 is 1.31 bits per heavy atom. The molecule has 16 heavy (non-hydrogen) atoms. The number of benzene rings is 1. The molecule has 1 aromatic carbocycles. The molecule has 0 bridgehead atoms. The lowest BCUT2D eigenvalue weighted by atomic mass is 10.2. The second-order valence-corrected chi connectivity index (χ2v) is 4.96. The summed E-state index contributed by atoms with van der Waals surface area (Å²) in [7, 11) is 0. The van der Waals surface area contributed by atoms with E-state index in [-0.39, 0.29) is 23.4 Å². The number of nitrogens with zero attached hydrogens (tertiary/aromatic N) is 1. The van der Waals surface area contributed by atoms with Crippen LogP contribution in [-0.2, 0) is 11.3 Å². The van der Waals surface area contributed by atoms with Crippen LogP contribution in [0, 0.1) is 0 Å². The first kappa shape index (κ1) is 11.8. The molecule has 0 aromatic heterocycles. The monoisotopic (exact) mass is 275 g/mol. The zero-order chi connectivity index (χ0) is 11.7. The fourth-order valence-electron chi connectivity index (χ4n) is 1.37. The predicted molar refractivity (Wildman–Crippen MR) is 64.9 cm³/mol. The number of hydrogen-bond acceptors (Lipinski definition) is 3. The molecular formula is C10H7Cl2NO2S. The maximum absolute atomic E-state index is 11.4. The predicted octanol–water partition coefficient (Wildman–Crippen LogP) is 3.19. The first-order valence-electron chi connectivity index (χ1n) is 4.49. The quantitative estimate of drug-likeness (QED) is 0.832. The molecule has 0 saturated carbocycles. The summed E-state index contributed by atoms with van der Waals surface area (Å²) in [4.78, 5) is 24.0. The zero-order valence-electron chi connectivity index (χ0n) is 8.07. The van der Waals surface area contributed by atoms with Gasteiger partial charge in [0.15, 0.2) is 0 Å². The minimum atomic E-state index is -0.235. The van der Waals surface area contributed by atoms with Crippen LogP contribution in [0.5, 0.6) is 0 Å². The van der Waals surface area contributed by atoms with Gasteiger partial charge in [0, 0.05) is 0 Å². The maximum Gasteiger partial charge on any atom is 0.289 e. The van der Waals surface area contributed by atoms with E-state index in [1.807, 2.05) is 0 Å². The SMILES string of the molecule is O=C1CSC(=O)N1Cc1cccc(Cl)c1Cl. The van der Waals surface area contributed by atoms with Gasteiger partial charge >= 0.3 is 0 Å². The van der Waals surface area contributed by atoms with Gasteiger partial charge in [-0.2, -0.15) is 0 Å². The molecular weight excluding hydrogens is 269 g/mol. The number of carbonyl (C=O) groups is 2. The molecule has 0 aliphatic carbocycles. The lowest BCUT2D eigenvalue weighted by Crippen LogP contribution is -2.28. The van der Waals surface area contributed by atoms with Crippen molar-refractivity contribution in [2.45, 2.75) is 6.54 Å². The third-order valence-electron chi connectivity index (χ3n) is 2.20. The second kappa shape index (κ2) is 4.65. The van der Waals surface area contributed by atoms with Crippen LogP contribution in [0.1, 0.15) is 5.56 Å². The molecule has 1 saturated heterocycles. The van der Waals surface area contributed by atoms with E-state index in [0.717, 1.165) is 11.8 Å². The van der Waals surface area contributed by atoms with E-state index in [0.29, 0.717) is 15.6 Å². The molecule has 1 aliphatic rings. The van der Waals surface area contributed by atoms with E-state index in [1.54, 1.807) is 18.2 Å². The number of carbonyl (C=O) groups excluding carboxylic acids is 2. The molecule has 0 radical (unpaired) electrons. The highest BCUT2D eigenvalue weighted by atomic mass is 35.5. The van der Waals surface area contributed by atoms with Crippen LogP contribution in [0.3, 0.4) is 0 Å². The van der Waals surface area contributed by atoms with Crippen molar-refractivity contribution in [3.8, 4) is 0 Å². The fraction of sp³-hybridized carbons (Fsp3) is 0.200. The van der Waals surface area contributed by atoms with Crippen molar-refractivity contribution in [2.24, 2.45) is 0 Å². The highest BCUT2D eigenvalue weighted by Gasteiger charge is 2.30. The van der Waals surface area contributed by atoms with E-state index < -0.39 is 0 Å². The van der Waals surface area contributed by atoms with E-state index in [4.69, 9.17) is 23.2 Å². The van der Waals surface area contributed by atoms with Crippen molar-refractivity contribution in [2.75, 3.05) is 5.75 Å². The van der Waals surface area contributed by atoms with Crippen molar-refractivity contribution < 1.29 is 9.59 Å². The van der Waals surface area contributed by atoms with Crippen molar-refractivity contribution in [1.29, 1.82) is 0 Å². The molecule has 1 heterocycles. The summed E-state index contributed by atoms with van der Waals surface area (Å²) in [6.07, 6.45) is 0. The Morgan fingerprint density at radius 3 is 2.69 bits per heavy atom. The zero-order valence-corrected chi connectivity index (χ0v) is 10.4. The minimum absolute atomic E-state index is 0.185. The van der Waals surface area contributed by atoms with Gasteiger partial charge in [-0.15, -0.1) is 0 Å². The van der Waals surface area contributed by atoms with Crippen molar-refractivity contribution in [1.82, 2.24) is 4.90 Å². The fourth-order valence-corrected chi connectivity index (χ4v) is 2.48. The average Bonchev–Trinajstić information content (AvgIpc) is 2.56. The maximum atomic E-state index is 11.4. The van der Waals surface area contributed by atoms with Crippen LogP contribution in [0.2, 0.25) is 10.0 Å². The van der Waals surface area contributed by atoms with Gasteiger partial charge in [-0.25, -0.2) is 0 Å². The van der Waals surface area contributed by atoms with Crippen LogP contribution in [0.25, 0.3) is 0 Å². The van der Waals surface area contributed by atoms with Crippen LogP contribution in [0.15, 0.2) is 18.2 Å². The van der Waals surface area contributed by atoms with Crippen LogP contribution in [-0.4, -0.2) is 21.8 Å². The van der Waals surface area contributed by atoms with Gasteiger partial charge in [-0.05, 0) is 11.6 Å². The summed E-state index contributed by atoms with van der Waals surface area (Å²) in [6.45, 7) is 0.185. The minimum Gasteiger partial charge on any atom is -0.273 e. The number of imide groups is 1. The lowest BCUT2D eigenvalue weighted by molar-refractivity contribution is -0.125. The van der Waals surface area contributed by atoms with E-state index in [9.17, 15) is 9.59 Å². The van der Waals surface area contributed by atoms with Gasteiger partial charge in [0.05, 0.1) is 22.3 Å². The van der Waals surface area contributed by atoms with E-state index >= 15 is 0 Å². The molecule has 6 heteroatoms. The van der Waals surface area contributed by atoms with Gasteiger partial charge in [0.1, 0.15) is 0 Å². The van der Waals surface area contributed by atoms with E-state index in [2.05, 4.69) is 0 Å². The molecule has 2 amide bonds. The number of amides is 2. The summed E-state index contributed by atoms with van der Waals surface area (Å²) < 4.78 is 0. The Kier molecular flexibility index (Phi) is 3.42. The average molecular weight is 276 g/mol. The lowest BCUT2D eigenvalue weighted by Gasteiger charge is -2.14. The summed E-state index contributed by atoms with van der Waals surface area (Å²) in [5, 5.41) is 0.577. The summed E-state index contributed by atoms with van der Waals surface area (Å²) in [5.74, 6) is 0.0165. The van der Waals surface area contributed by atoms with Crippen molar-refractivity contribution in [3.63, 3.8) is 0 Å². The standard InChI is InChI=1S/C10H7Cl2NO2S/c11-7-3-1-2-6(9(7)12)4-13-8(14)5-16-10(13)15/h1-3H,4-5H2. The van der Waals surface area contributed by atoms with Crippen LogP contribution < -0.4 is 0 Å². The van der Waals surface area contributed by atoms with Crippen LogP contribution in [0.4, 0.5) is 4.79 Å². The van der Waals surface area contributed by atoms with Gasteiger partial charge in [-0.1, -0.05) is 47.1 Å². The first-order chi connectivity index (χ1) is 7.59. The van der Waals surface area contributed by atoms with Crippen LogP contribution >= 0.6 is 35.0 Å². The molecule has 3 nitrogen and oxygen atoms in total. The largest absolute Gasteiger partial charge is 0.289 e. The molecule has 1 aliphatic heterocycles. The molecule has 1 aromatic rings. The van der Waals surface area contributed by atoms with Gasteiger partial charge in [0.25, 0.3) is 5.24 Å². The smallest absolute Gasteiger partial charge is 0.273 e. The highest BCUT2D eigenvalue weighted by molar-refractivity contribution is 8.14. The molecule has 0 atom stereocenters. The Hall–Kier alpha value is -0.710. The number of rotatable bonds is 2. The molecule has 1 fully saturated rings. The van der Waals surface area contributed by atoms with Gasteiger partial charge in [0.2, 0.25) is 5.91 Å². The molecule has 2 rings (SSSR count). The van der Waals surface area contributed by atoms with Gasteiger partial charge in [-0.3, -0.25) is 14.5 Å². The Morgan fingerprint density at radius 2 is 2.06 bits per heavy atom. The molecule has 84 valence electrons. The molecule has 0 N–H and O–H groups in total.